The number of nitrogens with zero attached hydrogens (tertiary/aromatic N) is 1. The minimum atomic E-state index is 0.335. The highest BCUT2D eigenvalue weighted by Crippen LogP contribution is 2.27. The van der Waals surface area contributed by atoms with Crippen LogP contribution in [-0.4, -0.2) is 0 Å². The third-order valence-corrected chi connectivity index (χ3v) is 3.66. The summed E-state index contributed by atoms with van der Waals surface area (Å²) in [4.78, 5) is 0. The summed E-state index contributed by atoms with van der Waals surface area (Å²) in [5, 5.41) is 0. The van der Waals surface area contributed by atoms with Crippen molar-refractivity contribution >= 4 is 0 Å². The van der Waals surface area contributed by atoms with E-state index in [1.54, 1.807) is 0 Å². The van der Waals surface area contributed by atoms with E-state index in [1.807, 2.05) is 0 Å². The van der Waals surface area contributed by atoms with Gasteiger partial charge in [0.25, 0.3) is 0 Å². The van der Waals surface area contributed by atoms with E-state index in [9.17, 15) is 0 Å². The molecule has 1 nitrogen and oxygen atoms in total. The van der Waals surface area contributed by atoms with Gasteiger partial charge in [0.15, 0.2) is 6.20 Å². The molecule has 2 aromatic rings. The van der Waals surface area contributed by atoms with E-state index >= 15 is 0 Å². The van der Waals surface area contributed by atoms with Gasteiger partial charge in [-0.25, -0.2) is 4.57 Å². The Morgan fingerprint density at radius 1 is 1.00 bits per heavy atom. The number of benzene rings is 1. The second-order valence-corrected chi connectivity index (χ2v) is 7.04. The van der Waals surface area contributed by atoms with Gasteiger partial charge in [0.1, 0.15) is 7.05 Å². The zero-order valence-corrected chi connectivity index (χ0v) is 13.6. The molecule has 0 atom stereocenters. The largest absolute Gasteiger partial charge is 0.215 e. The topological polar surface area (TPSA) is 3.88 Å². The Morgan fingerprint density at radius 2 is 1.70 bits per heavy atom. The van der Waals surface area contributed by atoms with Crippen LogP contribution in [0.25, 0.3) is 11.3 Å². The Bertz CT molecular complexity index is 598. The zero-order chi connectivity index (χ0) is 14.9. The van der Waals surface area contributed by atoms with E-state index < -0.39 is 0 Å². The molecule has 0 saturated carbocycles. The minimum absolute atomic E-state index is 0.335. The van der Waals surface area contributed by atoms with Gasteiger partial charge >= 0.3 is 0 Å². The van der Waals surface area contributed by atoms with Crippen LogP contribution in [-0.2, 0) is 13.5 Å². The molecule has 0 spiro atoms. The highest BCUT2D eigenvalue weighted by Gasteiger charge is 2.17. The van der Waals surface area contributed by atoms with Crippen molar-refractivity contribution < 1.29 is 4.57 Å². The first kappa shape index (κ1) is 14.8. The molecule has 0 radical (unpaired) electrons. The standard InChI is InChI=1S/C19H26N/c1-14-8-7-11-20(6)18(14)17-10-9-16(12-15(17)2)13-19(3,4)5/h7-12H,13H2,1-6H3/q+1. The lowest BCUT2D eigenvalue weighted by Gasteiger charge is -2.19. The van der Waals surface area contributed by atoms with Crippen LogP contribution in [0.15, 0.2) is 36.5 Å². The molecule has 0 aliphatic heterocycles. The van der Waals surface area contributed by atoms with Crippen LogP contribution in [0.2, 0.25) is 0 Å². The average Bonchev–Trinajstić information content (AvgIpc) is 2.29. The molecule has 1 aromatic carbocycles. The summed E-state index contributed by atoms with van der Waals surface area (Å²) in [6.45, 7) is 11.3. The molecule has 1 aromatic heterocycles. The number of aromatic nitrogens is 1. The number of rotatable bonds is 2. The molecule has 20 heavy (non-hydrogen) atoms. The van der Waals surface area contributed by atoms with Crippen LogP contribution in [0.1, 0.15) is 37.5 Å². The van der Waals surface area contributed by atoms with Crippen molar-refractivity contribution in [3.8, 4) is 11.3 Å². The fraction of sp³-hybridized carbons (Fsp3) is 0.421. The number of pyridine rings is 1. The zero-order valence-electron chi connectivity index (χ0n) is 13.6. The minimum Gasteiger partial charge on any atom is -0.201 e. The van der Waals surface area contributed by atoms with Crippen LogP contribution >= 0.6 is 0 Å². The summed E-state index contributed by atoms with van der Waals surface area (Å²) in [7, 11) is 2.12. The Kier molecular flexibility index (Phi) is 3.99. The average molecular weight is 268 g/mol. The van der Waals surface area contributed by atoms with Gasteiger partial charge in [-0.1, -0.05) is 32.9 Å². The lowest BCUT2D eigenvalue weighted by molar-refractivity contribution is -0.660. The van der Waals surface area contributed by atoms with Crippen molar-refractivity contribution in [2.75, 3.05) is 0 Å². The third-order valence-electron chi connectivity index (χ3n) is 3.66. The van der Waals surface area contributed by atoms with Crippen LogP contribution in [0.4, 0.5) is 0 Å². The van der Waals surface area contributed by atoms with Gasteiger partial charge in [0.05, 0.1) is 0 Å². The van der Waals surface area contributed by atoms with Crippen molar-refractivity contribution in [3.05, 3.63) is 53.2 Å². The molecule has 0 fully saturated rings. The maximum absolute atomic E-state index is 2.34. The molecule has 0 unspecified atom stereocenters. The predicted molar refractivity (Wildman–Crippen MR) is 85.7 cm³/mol. The summed E-state index contributed by atoms with van der Waals surface area (Å²) in [5.41, 5.74) is 7.09. The normalized spacial score (nSPS) is 11.7. The maximum Gasteiger partial charge on any atom is 0.215 e. The first-order valence-electron chi connectivity index (χ1n) is 7.33. The van der Waals surface area contributed by atoms with E-state index in [4.69, 9.17) is 0 Å². The van der Waals surface area contributed by atoms with Crippen molar-refractivity contribution in [1.29, 1.82) is 0 Å². The first-order valence-corrected chi connectivity index (χ1v) is 7.33. The summed E-state index contributed by atoms with van der Waals surface area (Å²) < 4.78 is 2.21. The van der Waals surface area contributed by atoms with Crippen LogP contribution in [0.3, 0.4) is 0 Å². The highest BCUT2D eigenvalue weighted by molar-refractivity contribution is 5.64. The Hall–Kier alpha value is -1.63. The Labute approximate surface area is 123 Å². The van der Waals surface area contributed by atoms with Crippen molar-refractivity contribution in [2.45, 2.75) is 41.0 Å². The van der Waals surface area contributed by atoms with Gasteiger partial charge in [-0.2, -0.15) is 0 Å². The smallest absolute Gasteiger partial charge is 0.201 e. The van der Waals surface area contributed by atoms with Gasteiger partial charge < -0.3 is 0 Å². The second-order valence-electron chi connectivity index (χ2n) is 7.04. The quantitative estimate of drug-likeness (QED) is 0.711. The maximum atomic E-state index is 2.34. The summed E-state index contributed by atoms with van der Waals surface area (Å²) in [6.07, 6.45) is 3.23. The fourth-order valence-corrected chi connectivity index (χ4v) is 2.86. The number of hydrogen-bond acceptors (Lipinski definition) is 0. The van der Waals surface area contributed by atoms with Gasteiger partial charge in [0, 0.05) is 17.2 Å². The van der Waals surface area contributed by atoms with Gasteiger partial charge in [0.2, 0.25) is 5.69 Å². The molecular formula is C19H26N+. The lowest BCUT2D eigenvalue weighted by Crippen LogP contribution is -2.31. The van der Waals surface area contributed by atoms with Crippen molar-refractivity contribution in [3.63, 3.8) is 0 Å². The third kappa shape index (κ3) is 3.27. The first-order chi connectivity index (χ1) is 9.28. The highest BCUT2D eigenvalue weighted by atomic mass is 14.9. The molecule has 0 bridgehead atoms. The van der Waals surface area contributed by atoms with Crippen LogP contribution < -0.4 is 4.57 Å². The molecule has 106 valence electrons. The molecule has 0 saturated heterocycles. The SMILES string of the molecule is Cc1cc(CC(C)(C)C)ccc1-c1c(C)ccc[n+]1C. The van der Waals surface area contributed by atoms with Crippen molar-refractivity contribution in [1.82, 2.24) is 0 Å². The second kappa shape index (κ2) is 5.40. The molecule has 1 heteroatoms. The molecular weight excluding hydrogens is 242 g/mol. The Balaban J connectivity index is 2.45. The van der Waals surface area contributed by atoms with Crippen molar-refractivity contribution in [2.24, 2.45) is 12.5 Å². The number of aryl methyl sites for hydroxylation is 3. The molecule has 0 aliphatic rings. The molecule has 0 N–H and O–H groups in total. The molecule has 1 heterocycles. The molecule has 0 aliphatic carbocycles. The van der Waals surface area contributed by atoms with Crippen LogP contribution in [0, 0.1) is 19.3 Å². The number of hydrogen-bond donors (Lipinski definition) is 0. The van der Waals surface area contributed by atoms with Crippen LogP contribution in [0.5, 0.6) is 0 Å². The van der Waals surface area contributed by atoms with E-state index in [0.29, 0.717) is 5.41 Å². The van der Waals surface area contributed by atoms with E-state index in [-0.39, 0.29) is 0 Å². The molecule has 0 amide bonds. The Morgan fingerprint density at radius 3 is 2.25 bits per heavy atom. The summed E-state index contributed by atoms with van der Waals surface area (Å²) in [5.74, 6) is 0. The lowest BCUT2D eigenvalue weighted by atomic mass is 9.87. The fourth-order valence-electron chi connectivity index (χ4n) is 2.86. The van der Waals surface area contributed by atoms with Gasteiger partial charge in [-0.05, 0) is 48.9 Å². The van der Waals surface area contributed by atoms with E-state index in [0.717, 1.165) is 6.42 Å². The molecule has 2 rings (SSSR count). The van der Waals surface area contributed by atoms with E-state index in [1.165, 1.54) is 27.9 Å². The summed E-state index contributed by atoms with van der Waals surface area (Å²) >= 11 is 0. The predicted octanol–water partition coefficient (Wildman–Crippen LogP) is 4.38. The monoisotopic (exact) mass is 268 g/mol. The van der Waals surface area contributed by atoms with Gasteiger partial charge in [-0.3, -0.25) is 0 Å². The summed E-state index contributed by atoms with van der Waals surface area (Å²) in [6, 6.07) is 11.2. The van der Waals surface area contributed by atoms with Gasteiger partial charge in [-0.15, -0.1) is 0 Å². The van der Waals surface area contributed by atoms with E-state index in [2.05, 4.69) is 82.8 Å².